The zero-order valence-electron chi connectivity index (χ0n) is 16.5. The van der Waals surface area contributed by atoms with Gasteiger partial charge in [-0.1, -0.05) is 70.8 Å². The van der Waals surface area contributed by atoms with E-state index in [2.05, 4.69) is 52.3 Å². The maximum Gasteiger partial charge on any atom is 0.235 e. The van der Waals surface area contributed by atoms with Crippen LogP contribution in [-0.4, -0.2) is 6.08 Å². The van der Waals surface area contributed by atoms with Crippen LogP contribution in [0.2, 0.25) is 5.02 Å². The molecule has 0 fully saturated rings. The van der Waals surface area contributed by atoms with Crippen molar-refractivity contribution in [3.05, 3.63) is 47.0 Å². The lowest BCUT2D eigenvalue weighted by Crippen LogP contribution is -2.32. The molecule has 25 heavy (non-hydrogen) atoms. The lowest BCUT2D eigenvalue weighted by Gasteiger charge is -2.34. The van der Waals surface area contributed by atoms with E-state index in [-0.39, 0.29) is 5.92 Å². The fourth-order valence-corrected chi connectivity index (χ4v) is 3.57. The van der Waals surface area contributed by atoms with Crippen LogP contribution >= 0.6 is 11.6 Å². The molecule has 0 aliphatic rings. The van der Waals surface area contributed by atoms with Crippen molar-refractivity contribution >= 4 is 17.7 Å². The molecule has 2 nitrogen and oxygen atoms in total. The average molecular weight is 362 g/mol. The molecule has 0 N–H and O–H groups in total. The van der Waals surface area contributed by atoms with Gasteiger partial charge >= 0.3 is 0 Å². The molecular formula is C22H32ClNO. The first-order valence-corrected chi connectivity index (χ1v) is 9.49. The molecule has 0 radical (unpaired) electrons. The van der Waals surface area contributed by atoms with Crippen LogP contribution in [0.4, 0.5) is 0 Å². The molecule has 0 amide bonds. The summed E-state index contributed by atoms with van der Waals surface area (Å²) in [6, 6.07) is 6.07. The van der Waals surface area contributed by atoms with Crippen LogP contribution in [0.1, 0.15) is 65.5 Å². The molecule has 2 unspecified atom stereocenters. The van der Waals surface area contributed by atoms with Crippen molar-refractivity contribution in [3.8, 4) is 0 Å². The topological polar surface area (TPSA) is 29.4 Å². The molecule has 0 aromatic heterocycles. The minimum Gasteiger partial charge on any atom is -0.211 e. The largest absolute Gasteiger partial charge is 0.235 e. The number of carbonyl (C=O) groups excluding carboxylic acids is 1. The van der Waals surface area contributed by atoms with Crippen LogP contribution in [-0.2, 0) is 16.8 Å². The van der Waals surface area contributed by atoms with Gasteiger partial charge in [0.05, 0.1) is 0 Å². The molecule has 1 aromatic carbocycles. The highest BCUT2D eigenvalue weighted by molar-refractivity contribution is 6.31. The minimum absolute atomic E-state index is 0.0230. The SMILES string of the molecule is C=CC(C(C)C)C(C)(N=C=O)c1ccc(CCC(C)(C)CC)c(Cl)c1. The van der Waals surface area contributed by atoms with E-state index in [1.165, 1.54) is 0 Å². The molecule has 1 rings (SSSR count). The Hall–Kier alpha value is -1.37. The Labute approximate surface area is 158 Å². The molecule has 1 aromatic rings. The highest BCUT2D eigenvalue weighted by atomic mass is 35.5. The second-order valence-electron chi connectivity index (χ2n) is 8.18. The standard InChI is InChI=1S/C22H32ClNO/c1-8-19(16(3)4)22(7,24-15-25)18-11-10-17(20(23)14-18)12-13-21(5,6)9-2/h8,10-11,14,16,19H,1,9,12-13H2,2-7H3. The van der Waals surface area contributed by atoms with Gasteiger partial charge in [0.25, 0.3) is 0 Å². The average Bonchev–Trinajstić information content (AvgIpc) is 2.54. The van der Waals surface area contributed by atoms with Crippen molar-refractivity contribution in [3.63, 3.8) is 0 Å². The molecule has 0 saturated carbocycles. The van der Waals surface area contributed by atoms with Crippen molar-refractivity contribution in [2.45, 2.75) is 66.3 Å². The molecule has 0 heterocycles. The third-order valence-electron chi connectivity index (χ3n) is 5.56. The summed E-state index contributed by atoms with van der Waals surface area (Å²) in [7, 11) is 0. The van der Waals surface area contributed by atoms with E-state index in [0.717, 1.165) is 35.4 Å². The van der Waals surface area contributed by atoms with E-state index in [4.69, 9.17) is 11.6 Å². The van der Waals surface area contributed by atoms with E-state index in [1.54, 1.807) is 6.08 Å². The second-order valence-corrected chi connectivity index (χ2v) is 8.59. The molecule has 0 saturated heterocycles. The van der Waals surface area contributed by atoms with Crippen LogP contribution < -0.4 is 0 Å². The summed E-state index contributed by atoms with van der Waals surface area (Å²) in [5.41, 5.74) is 1.67. The molecule has 0 aliphatic heterocycles. The molecule has 2 atom stereocenters. The van der Waals surface area contributed by atoms with Gasteiger partial charge in [0.15, 0.2) is 0 Å². The van der Waals surface area contributed by atoms with Gasteiger partial charge in [-0.25, -0.2) is 4.79 Å². The van der Waals surface area contributed by atoms with Crippen molar-refractivity contribution < 1.29 is 4.79 Å². The Kier molecular flexibility index (Phi) is 7.65. The first-order valence-electron chi connectivity index (χ1n) is 9.11. The Morgan fingerprint density at radius 3 is 2.40 bits per heavy atom. The van der Waals surface area contributed by atoms with Crippen LogP contribution in [0.5, 0.6) is 0 Å². The number of benzene rings is 1. The molecule has 0 bridgehead atoms. The minimum atomic E-state index is -0.706. The van der Waals surface area contributed by atoms with Gasteiger partial charge in [-0.2, -0.15) is 4.99 Å². The van der Waals surface area contributed by atoms with Crippen molar-refractivity contribution in [2.75, 3.05) is 0 Å². The molecule has 0 spiro atoms. The van der Waals surface area contributed by atoms with Crippen LogP contribution in [0.15, 0.2) is 35.8 Å². The summed E-state index contributed by atoms with van der Waals surface area (Å²) in [6.45, 7) is 16.9. The Morgan fingerprint density at radius 1 is 1.32 bits per heavy atom. The highest BCUT2D eigenvalue weighted by Gasteiger charge is 2.36. The van der Waals surface area contributed by atoms with Crippen LogP contribution in [0.3, 0.4) is 0 Å². The number of rotatable bonds is 9. The first kappa shape index (κ1) is 21.7. The number of halogens is 1. The van der Waals surface area contributed by atoms with Gasteiger partial charge in [-0.15, -0.1) is 6.58 Å². The van der Waals surface area contributed by atoms with Gasteiger partial charge in [-0.3, -0.25) is 0 Å². The maximum atomic E-state index is 11.1. The monoisotopic (exact) mass is 361 g/mol. The summed E-state index contributed by atoms with van der Waals surface area (Å²) < 4.78 is 0. The van der Waals surface area contributed by atoms with Gasteiger partial charge in [-0.05, 0) is 48.3 Å². The zero-order chi connectivity index (χ0) is 19.3. The number of isocyanates is 1. The van der Waals surface area contributed by atoms with Gasteiger partial charge in [0, 0.05) is 10.9 Å². The van der Waals surface area contributed by atoms with E-state index in [1.807, 2.05) is 25.1 Å². The smallest absolute Gasteiger partial charge is 0.211 e. The summed E-state index contributed by atoms with van der Waals surface area (Å²) in [6.07, 6.45) is 6.80. The number of nitrogens with zero attached hydrogens (tertiary/aromatic N) is 1. The van der Waals surface area contributed by atoms with Crippen molar-refractivity contribution in [2.24, 2.45) is 22.2 Å². The van der Waals surface area contributed by atoms with Crippen molar-refractivity contribution in [1.29, 1.82) is 0 Å². The van der Waals surface area contributed by atoms with Crippen LogP contribution in [0, 0.1) is 17.3 Å². The number of hydrogen-bond acceptors (Lipinski definition) is 2. The fourth-order valence-electron chi connectivity index (χ4n) is 3.29. The third kappa shape index (κ3) is 5.30. The summed E-state index contributed by atoms with van der Waals surface area (Å²) >= 11 is 6.57. The van der Waals surface area contributed by atoms with E-state index >= 15 is 0 Å². The summed E-state index contributed by atoms with van der Waals surface area (Å²) in [5, 5.41) is 0.739. The van der Waals surface area contributed by atoms with Gasteiger partial charge in [0.1, 0.15) is 5.54 Å². The Balaban J connectivity index is 3.22. The lowest BCUT2D eigenvalue weighted by molar-refractivity contribution is 0.285. The Bertz CT molecular complexity index is 643. The normalized spacial score (nSPS) is 15.4. The predicted molar refractivity (Wildman–Crippen MR) is 108 cm³/mol. The first-order chi connectivity index (χ1) is 11.6. The zero-order valence-corrected chi connectivity index (χ0v) is 17.3. The molecular weight excluding hydrogens is 330 g/mol. The quantitative estimate of drug-likeness (QED) is 0.273. The summed E-state index contributed by atoms with van der Waals surface area (Å²) in [4.78, 5) is 15.2. The molecule has 138 valence electrons. The number of aliphatic imine (C=N–C) groups is 1. The summed E-state index contributed by atoms with van der Waals surface area (Å²) in [5.74, 6) is 0.318. The van der Waals surface area contributed by atoms with E-state index in [9.17, 15) is 4.79 Å². The van der Waals surface area contributed by atoms with Gasteiger partial charge < -0.3 is 0 Å². The van der Waals surface area contributed by atoms with Gasteiger partial charge in [0.2, 0.25) is 6.08 Å². The number of aryl methyl sites for hydroxylation is 1. The Morgan fingerprint density at radius 2 is 1.96 bits per heavy atom. The lowest BCUT2D eigenvalue weighted by atomic mass is 9.74. The van der Waals surface area contributed by atoms with E-state index in [0.29, 0.717) is 11.3 Å². The van der Waals surface area contributed by atoms with Crippen molar-refractivity contribution in [1.82, 2.24) is 0 Å². The number of hydrogen-bond donors (Lipinski definition) is 0. The third-order valence-corrected chi connectivity index (χ3v) is 5.92. The predicted octanol–water partition coefficient (Wildman–Crippen LogP) is 6.72. The molecule has 0 aliphatic carbocycles. The highest BCUT2D eigenvalue weighted by Crippen LogP contribution is 2.40. The van der Waals surface area contributed by atoms with Crippen LogP contribution in [0.25, 0.3) is 0 Å². The maximum absolute atomic E-state index is 11.1. The van der Waals surface area contributed by atoms with E-state index < -0.39 is 5.54 Å². The second kappa shape index (κ2) is 8.83. The molecule has 3 heteroatoms. The fraction of sp³-hybridized carbons (Fsp3) is 0.591.